The fourth-order valence-corrected chi connectivity index (χ4v) is 7.23. The summed E-state index contributed by atoms with van der Waals surface area (Å²) in [6.07, 6.45) is 2.15. The van der Waals surface area contributed by atoms with Crippen molar-refractivity contribution in [3.8, 4) is 0 Å². The monoisotopic (exact) mass is 576 g/mol. The number of nitrogens with one attached hydrogen (secondary N) is 2. The average molecular weight is 578 g/mol. The molecule has 0 bridgehead atoms. The number of carbonyl (C=O) groups excluding carboxylic acids is 3. The minimum Gasteiger partial charge on any atom is -0.326 e. The first-order valence-corrected chi connectivity index (χ1v) is 14.1. The molecule has 1 fully saturated rings. The van der Waals surface area contributed by atoms with Gasteiger partial charge in [-0.15, -0.1) is 0 Å². The standard InChI is InChI=1S/C25H29BrN4O5S/c1-3-24(32)30-12-10-17-13-21(26)23(14-22(17)30)36(34,35)29-11-4-5-18(15-29)25(33)28-20-8-6-19(7-9-20)27-16(2)31/h6-9,13-14,18H,3-5,10-12,15H2,1-2H3,(H,27,31)(H,28,33)/t18-/m1/s1. The predicted molar refractivity (Wildman–Crippen MR) is 141 cm³/mol. The number of nitrogens with zero attached hydrogens (tertiary/aromatic N) is 2. The Morgan fingerprint density at radius 1 is 1.06 bits per heavy atom. The number of rotatable bonds is 6. The zero-order valence-electron chi connectivity index (χ0n) is 20.2. The highest BCUT2D eigenvalue weighted by Gasteiger charge is 2.36. The summed E-state index contributed by atoms with van der Waals surface area (Å²) in [5.74, 6) is -0.987. The third kappa shape index (κ3) is 5.47. The van der Waals surface area contributed by atoms with Crippen LogP contribution in [0, 0.1) is 5.92 Å². The van der Waals surface area contributed by atoms with Crippen LogP contribution in [0.5, 0.6) is 0 Å². The average Bonchev–Trinajstić information content (AvgIpc) is 3.26. The number of amides is 3. The van der Waals surface area contributed by atoms with E-state index >= 15 is 0 Å². The number of piperidine rings is 1. The second-order valence-electron chi connectivity index (χ2n) is 9.01. The van der Waals surface area contributed by atoms with E-state index in [9.17, 15) is 22.8 Å². The summed E-state index contributed by atoms with van der Waals surface area (Å²) in [7, 11) is -3.90. The van der Waals surface area contributed by atoms with Crippen LogP contribution in [-0.4, -0.2) is 50.1 Å². The summed E-state index contributed by atoms with van der Waals surface area (Å²) in [5, 5.41) is 5.52. The van der Waals surface area contributed by atoms with Crippen molar-refractivity contribution < 1.29 is 22.8 Å². The Hall–Kier alpha value is -2.76. The van der Waals surface area contributed by atoms with E-state index in [4.69, 9.17) is 0 Å². The minimum absolute atomic E-state index is 0.0424. The number of fused-ring (bicyclic) bond motifs is 1. The summed E-state index contributed by atoms with van der Waals surface area (Å²) in [4.78, 5) is 38.2. The Morgan fingerprint density at radius 2 is 1.72 bits per heavy atom. The fourth-order valence-electron chi connectivity index (χ4n) is 4.63. The summed E-state index contributed by atoms with van der Waals surface area (Å²) >= 11 is 3.42. The highest BCUT2D eigenvalue weighted by molar-refractivity contribution is 9.10. The van der Waals surface area contributed by atoms with Crippen molar-refractivity contribution in [2.45, 2.75) is 44.4 Å². The highest BCUT2D eigenvalue weighted by Crippen LogP contribution is 2.37. The van der Waals surface area contributed by atoms with Crippen molar-refractivity contribution in [1.82, 2.24) is 4.31 Å². The Morgan fingerprint density at radius 3 is 2.36 bits per heavy atom. The van der Waals surface area contributed by atoms with Gasteiger partial charge in [-0.2, -0.15) is 4.31 Å². The van der Waals surface area contributed by atoms with Crippen molar-refractivity contribution in [2.24, 2.45) is 5.92 Å². The van der Waals surface area contributed by atoms with Crippen LogP contribution >= 0.6 is 15.9 Å². The molecule has 0 aliphatic carbocycles. The fraction of sp³-hybridized carbons (Fsp3) is 0.400. The predicted octanol–water partition coefficient (Wildman–Crippen LogP) is 3.75. The third-order valence-corrected chi connectivity index (χ3v) is 9.30. The largest absolute Gasteiger partial charge is 0.326 e. The molecule has 0 saturated carbocycles. The molecule has 0 spiro atoms. The Balaban J connectivity index is 1.50. The van der Waals surface area contributed by atoms with Crippen LogP contribution in [0.1, 0.15) is 38.7 Å². The molecule has 2 heterocycles. The van der Waals surface area contributed by atoms with Gasteiger partial charge < -0.3 is 15.5 Å². The van der Waals surface area contributed by atoms with Gasteiger partial charge in [0.15, 0.2) is 0 Å². The van der Waals surface area contributed by atoms with Crippen LogP contribution in [0.15, 0.2) is 45.8 Å². The van der Waals surface area contributed by atoms with Gasteiger partial charge >= 0.3 is 0 Å². The van der Waals surface area contributed by atoms with Gasteiger partial charge in [-0.05, 0) is 77.2 Å². The number of carbonyl (C=O) groups is 3. The van der Waals surface area contributed by atoms with Crippen LogP contribution in [0.3, 0.4) is 0 Å². The van der Waals surface area contributed by atoms with E-state index in [0.717, 1.165) is 5.56 Å². The molecular formula is C25H29BrN4O5S. The maximum atomic E-state index is 13.6. The minimum atomic E-state index is -3.90. The molecule has 36 heavy (non-hydrogen) atoms. The molecule has 0 unspecified atom stereocenters. The molecule has 0 aromatic heterocycles. The number of hydrogen-bond donors (Lipinski definition) is 2. The maximum Gasteiger partial charge on any atom is 0.244 e. The van der Waals surface area contributed by atoms with E-state index in [0.29, 0.717) is 60.3 Å². The zero-order valence-corrected chi connectivity index (χ0v) is 22.6. The Bertz CT molecular complexity index is 1300. The van der Waals surface area contributed by atoms with E-state index < -0.39 is 15.9 Å². The van der Waals surface area contributed by atoms with Gasteiger partial charge in [0.05, 0.1) is 10.8 Å². The van der Waals surface area contributed by atoms with Crippen LogP contribution in [0.4, 0.5) is 17.1 Å². The molecular weight excluding hydrogens is 548 g/mol. The number of hydrogen-bond acceptors (Lipinski definition) is 5. The van der Waals surface area contributed by atoms with E-state index in [1.807, 2.05) is 0 Å². The lowest BCUT2D eigenvalue weighted by atomic mass is 9.98. The van der Waals surface area contributed by atoms with E-state index in [1.54, 1.807) is 48.2 Å². The van der Waals surface area contributed by atoms with Gasteiger partial charge in [0, 0.05) is 54.5 Å². The number of sulfonamides is 1. The molecule has 2 aliphatic heterocycles. The second-order valence-corrected chi connectivity index (χ2v) is 11.8. The first-order chi connectivity index (χ1) is 17.1. The van der Waals surface area contributed by atoms with Crippen LogP contribution in [0.25, 0.3) is 0 Å². The summed E-state index contributed by atoms with van der Waals surface area (Å²) in [5.41, 5.74) is 2.76. The van der Waals surface area contributed by atoms with Crippen LogP contribution in [-0.2, 0) is 30.8 Å². The van der Waals surface area contributed by atoms with Gasteiger partial charge in [-0.25, -0.2) is 8.42 Å². The number of benzene rings is 2. The van der Waals surface area contributed by atoms with Crippen molar-refractivity contribution in [3.63, 3.8) is 0 Å². The van der Waals surface area contributed by atoms with E-state index in [2.05, 4.69) is 26.6 Å². The molecule has 1 atom stereocenters. The van der Waals surface area contributed by atoms with Gasteiger partial charge in [-0.1, -0.05) is 6.92 Å². The molecule has 0 radical (unpaired) electrons. The van der Waals surface area contributed by atoms with E-state index in [1.165, 1.54) is 11.2 Å². The topological polar surface area (TPSA) is 116 Å². The second kappa shape index (κ2) is 10.7. The molecule has 2 aromatic carbocycles. The summed E-state index contributed by atoms with van der Waals surface area (Å²) in [6.45, 7) is 4.13. The molecule has 11 heteroatoms. The van der Waals surface area contributed by atoms with Crippen molar-refractivity contribution in [1.29, 1.82) is 0 Å². The maximum absolute atomic E-state index is 13.6. The first kappa shape index (κ1) is 26.3. The molecule has 1 saturated heterocycles. The third-order valence-electron chi connectivity index (χ3n) is 6.48. The normalized spacial score (nSPS) is 18.0. The molecule has 192 valence electrons. The van der Waals surface area contributed by atoms with Gasteiger partial charge in [-0.3, -0.25) is 14.4 Å². The lowest BCUT2D eigenvalue weighted by Crippen LogP contribution is -2.43. The Kier molecular flexibility index (Phi) is 7.82. The van der Waals surface area contributed by atoms with Crippen LogP contribution in [0.2, 0.25) is 0 Å². The van der Waals surface area contributed by atoms with Crippen molar-refractivity contribution in [2.75, 3.05) is 35.2 Å². The molecule has 2 aromatic rings. The first-order valence-electron chi connectivity index (χ1n) is 11.9. The van der Waals surface area contributed by atoms with Gasteiger partial charge in [0.2, 0.25) is 27.7 Å². The summed E-state index contributed by atoms with van der Waals surface area (Å²) in [6, 6.07) is 10.1. The number of halogens is 1. The lowest BCUT2D eigenvalue weighted by molar-refractivity contribution is -0.121. The SMILES string of the molecule is CCC(=O)N1CCc2cc(Br)c(S(=O)(=O)N3CCC[C@@H](C(=O)Nc4ccc(NC(C)=O)cc4)C3)cc21. The lowest BCUT2D eigenvalue weighted by Gasteiger charge is -2.31. The van der Waals surface area contributed by atoms with Crippen molar-refractivity contribution in [3.05, 3.63) is 46.4 Å². The van der Waals surface area contributed by atoms with Crippen LogP contribution < -0.4 is 15.5 Å². The number of anilines is 3. The Labute approximate surface area is 219 Å². The molecule has 2 aliphatic rings. The van der Waals surface area contributed by atoms with E-state index in [-0.39, 0.29) is 29.2 Å². The smallest absolute Gasteiger partial charge is 0.244 e. The molecule has 3 amide bonds. The molecule has 9 nitrogen and oxygen atoms in total. The summed E-state index contributed by atoms with van der Waals surface area (Å²) < 4.78 is 29.1. The van der Waals surface area contributed by atoms with Gasteiger partial charge in [0.25, 0.3) is 0 Å². The zero-order chi connectivity index (χ0) is 26.0. The quantitative estimate of drug-likeness (QED) is 0.543. The van der Waals surface area contributed by atoms with Gasteiger partial charge in [0.1, 0.15) is 0 Å². The highest BCUT2D eigenvalue weighted by atomic mass is 79.9. The molecule has 4 rings (SSSR count). The van der Waals surface area contributed by atoms with Crippen molar-refractivity contribution >= 4 is 60.7 Å². The molecule has 2 N–H and O–H groups in total.